The van der Waals surface area contributed by atoms with Gasteiger partial charge >= 0.3 is 0 Å². The molecule has 2 aromatic heterocycles. The number of hydrogen-bond donors (Lipinski definition) is 0. The van der Waals surface area contributed by atoms with Crippen LogP contribution in [0.25, 0.3) is 0 Å². The largest absolute Gasteiger partial charge is 0.355 e. The van der Waals surface area contributed by atoms with Gasteiger partial charge in [-0.25, -0.2) is 15.0 Å². The Bertz CT molecular complexity index is 729. The fourth-order valence-corrected chi connectivity index (χ4v) is 3.39. The summed E-state index contributed by atoms with van der Waals surface area (Å²) in [4.78, 5) is 30.1. The van der Waals surface area contributed by atoms with E-state index in [9.17, 15) is 4.79 Å². The molecule has 1 aliphatic carbocycles. The van der Waals surface area contributed by atoms with Crippen LogP contribution in [0.3, 0.4) is 0 Å². The highest BCUT2D eigenvalue weighted by atomic mass is 16.2. The minimum absolute atomic E-state index is 0.00443. The lowest BCUT2D eigenvalue weighted by atomic mass is 10.0. The topological polar surface area (TPSA) is 62.2 Å². The average Bonchev–Trinajstić information content (AvgIpc) is 3.53. The third-order valence-electron chi connectivity index (χ3n) is 5.10. The zero-order valence-electron chi connectivity index (χ0n) is 14.5. The molecule has 0 bridgehead atoms. The van der Waals surface area contributed by atoms with Crippen LogP contribution >= 0.6 is 0 Å². The van der Waals surface area contributed by atoms with E-state index in [-0.39, 0.29) is 11.9 Å². The molecule has 2 aromatic rings. The van der Waals surface area contributed by atoms with Crippen LogP contribution in [0.4, 0.5) is 5.82 Å². The fourth-order valence-electron chi connectivity index (χ4n) is 3.39. The van der Waals surface area contributed by atoms with Gasteiger partial charge in [-0.1, -0.05) is 6.07 Å². The summed E-state index contributed by atoms with van der Waals surface area (Å²) in [6, 6.07) is 6.12. The van der Waals surface area contributed by atoms with Crippen LogP contribution in [0.15, 0.2) is 36.8 Å². The zero-order chi connectivity index (χ0) is 17.2. The summed E-state index contributed by atoms with van der Waals surface area (Å²) >= 11 is 0. The Morgan fingerprint density at radius 3 is 2.64 bits per heavy atom. The van der Waals surface area contributed by atoms with E-state index in [1.165, 1.54) is 12.8 Å². The first-order valence-electron chi connectivity index (χ1n) is 8.97. The van der Waals surface area contributed by atoms with Crippen molar-refractivity contribution in [1.82, 2.24) is 19.9 Å². The Balaban J connectivity index is 1.43. The number of carbonyl (C=O) groups excluding carboxylic acids is 1. The van der Waals surface area contributed by atoms with E-state index >= 15 is 0 Å². The quantitative estimate of drug-likeness (QED) is 0.858. The van der Waals surface area contributed by atoms with Crippen molar-refractivity contribution in [3.63, 3.8) is 0 Å². The van der Waals surface area contributed by atoms with Gasteiger partial charge in [-0.15, -0.1) is 0 Å². The summed E-state index contributed by atoms with van der Waals surface area (Å²) in [5.74, 6) is 2.35. The van der Waals surface area contributed by atoms with Crippen LogP contribution in [0.1, 0.15) is 47.8 Å². The number of rotatable bonds is 4. The fraction of sp³-hybridized carbons (Fsp3) is 0.474. The molecule has 0 aromatic carbocycles. The SMILES string of the molecule is CN(C(=O)c1cnc(C2CC2)nc1)[C@@H]1CCCN(c2ccccn2)C1. The molecular formula is C19H23N5O. The first-order valence-corrected chi connectivity index (χ1v) is 8.97. The molecule has 1 atom stereocenters. The number of hydrogen-bond acceptors (Lipinski definition) is 5. The van der Waals surface area contributed by atoms with Gasteiger partial charge in [0.25, 0.3) is 5.91 Å². The van der Waals surface area contributed by atoms with Crippen molar-refractivity contribution < 1.29 is 4.79 Å². The van der Waals surface area contributed by atoms with Crippen LogP contribution in [0, 0.1) is 0 Å². The van der Waals surface area contributed by atoms with Crippen molar-refractivity contribution in [3.8, 4) is 0 Å². The Morgan fingerprint density at radius 2 is 1.96 bits per heavy atom. The number of amides is 1. The molecule has 4 rings (SSSR count). The van der Waals surface area contributed by atoms with Crippen LogP contribution in [0.2, 0.25) is 0 Å². The number of aromatic nitrogens is 3. The monoisotopic (exact) mass is 337 g/mol. The van der Waals surface area contributed by atoms with Gasteiger partial charge < -0.3 is 9.80 Å². The lowest BCUT2D eigenvalue weighted by molar-refractivity contribution is 0.0716. The second-order valence-electron chi connectivity index (χ2n) is 6.95. The number of piperidine rings is 1. The number of pyridine rings is 1. The van der Waals surface area contributed by atoms with E-state index in [0.717, 1.165) is 37.6 Å². The molecule has 0 spiro atoms. The van der Waals surface area contributed by atoms with Crippen LogP contribution < -0.4 is 4.90 Å². The summed E-state index contributed by atoms with van der Waals surface area (Å²) in [5, 5.41) is 0. The van der Waals surface area contributed by atoms with E-state index in [1.54, 1.807) is 12.4 Å². The van der Waals surface area contributed by atoms with Crippen LogP contribution in [-0.4, -0.2) is 51.9 Å². The predicted molar refractivity (Wildman–Crippen MR) is 95.6 cm³/mol. The Morgan fingerprint density at radius 1 is 1.16 bits per heavy atom. The summed E-state index contributed by atoms with van der Waals surface area (Å²) in [7, 11) is 1.88. The van der Waals surface area contributed by atoms with E-state index in [2.05, 4.69) is 19.9 Å². The predicted octanol–water partition coefficient (Wildman–Crippen LogP) is 2.49. The van der Waals surface area contributed by atoms with Gasteiger partial charge in [0, 0.05) is 50.7 Å². The molecule has 130 valence electrons. The Labute approximate surface area is 147 Å². The molecule has 0 unspecified atom stereocenters. The molecular weight excluding hydrogens is 314 g/mol. The summed E-state index contributed by atoms with van der Waals surface area (Å²) in [6.07, 6.45) is 9.56. The molecule has 0 N–H and O–H groups in total. The maximum Gasteiger partial charge on any atom is 0.257 e. The van der Waals surface area contributed by atoms with E-state index in [1.807, 2.05) is 36.3 Å². The molecule has 3 heterocycles. The highest BCUT2D eigenvalue weighted by Crippen LogP contribution is 2.37. The lowest BCUT2D eigenvalue weighted by Gasteiger charge is -2.38. The van der Waals surface area contributed by atoms with Crippen molar-refractivity contribution in [2.24, 2.45) is 0 Å². The second-order valence-corrected chi connectivity index (χ2v) is 6.95. The van der Waals surface area contributed by atoms with E-state index < -0.39 is 0 Å². The van der Waals surface area contributed by atoms with Gasteiger partial charge in [0.05, 0.1) is 5.56 Å². The summed E-state index contributed by atoms with van der Waals surface area (Å²) in [5.41, 5.74) is 0.571. The molecule has 25 heavy (non-hydrogen) atoms. The smallest absolute Gasteiger partial charge is 0.257 e. The minimum atomic E-state index is -0.00443. The summed E-state index contributed by atoms with van der Waals surface area (Å²) in [6.45, 7) is 1.79. The molecule has 1 saturated heterocycles. The van der Waals surface area contributed by atoms with Gasteiger partial charge in [0.2, 0.25) is 0 Å². The molecule has 1 amide bonds. The van der Waals surface area contributed by atoms with Gasteiger partial charge in [0.15, 0.2) is 0 Å². The molecule has 0 radical (unpaired) electrons. The van der Waals surface area contributed by atoms with Gasteiger partial charge in [-0.05, 0) is 37.8 Å². The molecule has 1 aliphatic heterocycles. The van der Waals surface area contributed by atoms with Crippen LogP contribution in [0.5, 0.6) is 0 Å². The van der Waals surface area contributed by atoms with Crippen molar-refractivity contribution >= 4 is 11.7 Å². The lowest BCUT2D eigenvalue weighted by Crippen LogP contribution is -2.48. The maximum absolute atomic E-state index is 12.8. The van der Waals surface area contributed by atoms with Crippen molar-refractivity contribution in [2.75, 3.05) is 25.0 Å². The summed E-state index contributed by atoms with van der Waals surface area (Å²) < 4.78 is 0. The highest BCUT2D eigenvalue weighted by molar-refractivity contribution is 5.93. The number of anilines is 1. The first kappa shape index (κ1) is 16.0. The third kappa shape index (κ3) is 3.48. The van der Waals surface area contributed by atoms with Gasteiger partial charge in [-0.2, -0.15) is 0 Å². The van der Waals surface area contributed by atoms with Gasteiger partial charge in [0.1, 0.15) is 11.6 Å². The molecule has 1 saturated carbocycles. The number of nitrogens with zero attached hydrogens (tertiary/aromatic N) is 5. The Kier molecular flexibility index (Phi) is 4.34. The molecule has 2 fully saturated rings. The van der Waals surface area contributed by atoms with Crippen LogP contribution in [-0.2, 0) is 0 Å². The molecule has 6 nitrogen and oxygen atoms in total. The first-order chi connectivity index (χ1) is 12.2. The average molecular weight is 337 g/mol. The molecule has 6 heteroatoms. The van der Waals surface area contributed by atoms with E-state index in [0.29, 0.717) is 11.5 Å². The van der Waals surface area contributed by atoms with Crippen molar-refractivity contribution in [3.05, 3.63) is 48.2 Å². The van der Waals surface area contributed by atoms with Crippen molar-refractivity contribution in [1.29, 1.82) is 0 Å². The zero-order valence-corrected chi connectivity index (χ0v) is 14.5. The number of likely N-dealkylation sites (N-methyl/N-ethyl adjacent to an activating group) is 1. The standard InChI is InChI=1S/C19H23N5O/c1-23(19(25)15-11-21-18(22-12-15)14-7-8-14)16-5-4-10-24(13-16)17-6-2-3-9-20-17/h2-3,6,9,11-12,14,16H,4-5,7-8,10,13H2,1H3/t16-/m1/s1. The third-order valence-corrected chi connectivity index (χ3v) is 5.10. The normalized spacial score (nSPS) is 20.4. The van der Waals surface area contributed by atoms with Gasteiger partial charge in [-0.3, -0.25) is 4.79 Å². The van der Waals surface area contributed by atoms with Crippen molar-refractivity contribution in [2.45, 2.75) is 37.6 Å². The molecule has 2 aliphatic rings. The Hall–Kier alpha value is -2.50. The number of carbonyl (C=O) groups is 1. The minimum Gasteiger partial charge on any atom is -0.355 e. The van der Waals surface area contributed by atoms with E-state index in [4.69, 9.17) is 0 Å². The maximum atomic E-state index is 12.8. The second kappa shape index (κ2) is 6.78. The highest BCUT2D eigenvalue weighted by Gasteiger charge is 2.29.